The summed E-state index contributed by atoms with van der Waals surface area (Å²) in [6.45, 7) is 1.02. The molecule has 1 aromatic carbocycles. The molecule has 5 heteroatoms. The van der Waals surface area contributed by atoms with Gasteiger partial charge in [0, 0.05) is 12.6 Å². The summed E-state index contributed by atoms with van der Waals surface area (Å²) >= 11 is 0. The fourth-order valence-corrected chi connectivity index (χ4v) is 1.83. The van der Waals surface area contributed by atoms with Crippen LogP contribution in [-0.4, -0.2) is 63.3 Å². The van der Waals surface area contributed by atoms with E-state index in [4.69, 9.17) is 5.11 Å². The van der Waals surface area contributed by atoms with Gasteiger partial charge in [-0.15, -0.1) is 0 Å². The number of carbonyl (C=O) groups excluding carboxylic acids is 1. The molecule has 0 aromatic heterocycles. The summed E-state index contributed by atoms with van der Waals surface area (Å²) in [7, 11) is 7.76. The van der Waals surface area contributed by atoms with Crippen LogP contribution in [0.1, 0.15) is 5.56 Å². The van der Waals surface area contributed by atoms with Gasteiger partial charge in [-0.2, -0.15) is 4.59 Å². The second-order valence-electron chi connectivity index (χ2n) is 5.04. The summed E-state index contributed by atoms with van der Waals surface area (Å²) in [5.41, 5.74) is 2.56. The quantitative estimate of drug-likeness (QED) is 0.646. The van der Waals surface area contributed by atoms with Crippen LogP contribution in [0.4, 0.5) is 5.69 Å². The Morgan fingerprint density at radius 2 is 1.95 bits per heavy atom. The minimum Gasteiger partial charge on any atom is -0.395 e. The minimum atomic E-state index is 0.257. The summed E-state index contributed by atoms with van der Waals surface area (Å²) in [4.78, 5) is 12.6. The van der Waals surface area contributed by atoms with Crippen LogP contribution in [0.15, 0.2) is 29.4 Å². The Bertz CT molecular complexity index is 468. The number of carbonyl (C=O) groups is 1. The molecule has 0 spiro atoms. The highest BCUT2D eigenvalue weighted by atomic mass is 16.3. The summed E-state index contributed by atoms with van der Waals surface area (Å²) < 4.78 is 0.407. The number of para-hydroxylation sites is 1. The molecule has 104 valence electrons. The number of aliphatic hydroxyl groups is 1. The summed E-state index contributed by atoms with van der Waals surface area (Å²) in [5.74, 6) is 0. The van der Waals surface area contributed by atoms with Crippen LogP contribution in [0.5, 0.6) is 0 Å². The van der Waals surface area contributed by atoms with Gasteiger partial charge in [0.25, 0.3) is 0 Å². The first kappa shape index (κ1) is 15.5. The van der Waals surface area contributed by atoms with E-state index >= 15 is 0 Å². The lowest BCUT2D eigenvalue weighted by atomic mass is 10.1. The smallest absolute Gasteiger partial charge is 0.174 e. The number of hydrogen-bond acceptors (Lipinski definition) is 4. The maximum Gasteiger partial charge on any atom is 0.174 e. The van der Waals surface area contributed by atoms with Crippen molar-refractivity contribution < 1.29 is 9.90 Å². The predicted octanol–water partition coefficient (Wildman–Crippen LogP) is 0.710. The Labute approximate surface area is 114 Å². The Kier molecular flexibility index (Phi) is 5.35. The maximum atomic E-state index is 10.7. The van der Waals surface area contributed by atoms with Gasteiger partial charge >= 0.3 is 0 Å². The average molecular weight is 264 g/mol. The lowest BCUT2D eigenvalue weighted by Gasteiger charge is -2.17. The Morgan fingerprint density at radius 3 is 2.42 bits per heavy atom. The van der Waals surface area contributed by atoms with Crippen molar-refractivity contribution in [2.75, 3.05) is 41.3 Å². The third-order valence-electron chi connectivity index (χ3n) is 2.79. The van der Waals surface area contributed by atoms with Crippen molar-refractivity contribution in [2.45, 2.75) is 0 Å². The SMILES string of the molecule is CN(C)CCO.C[N+]1(C)N=C(C=O)c2ccccc21. The number of likely N-dealkylation sites (N-methyl/N-ethyl adjacent to an activating group) is 1. The molecule has 1 aliphatic heterocycles. The molecule has 0 bridgehead atoms. The van der Waals surface area contributed by atoms with E-state index in [9.17, 15) is 4.79 Å². The molecular weight excluding hydrogens is 242 g/mol. The Morgan fingerprint density at radius 1 is 1.32 bits per heavy atom. The predicted molar refractivity (Wildman–Crippen MR) is 78.3 cm³/mol. The van der Waals surface area contributed by atoms with Gasteiger partial charge in [-0.3, -0.25) is 4.79 Å². The molecule has 2 rings (SSSR count). The van der Waals surface area contributed by atoms with Crippen molar-refractivity contribution in [2.24, 2.45) is 5.10 Å². The van der Waals surface area contributed by atoms with E-state index in [1.165, 1.54) is 0 Å². The number of rotatable bonds is 3. The fraction of sp³-hybridized carbons (Fsp3) is 0.429. The first-order valence-electron chi connectivity index (χ1n) is 6.17. The van der Waals surface area contributed by atoms with Gasteiger partial charge in [0.05, 0.1) is 26.3 Å². The van der Waals surface area contributed by atoms with Crippen molar-refractivity contribution in [1.29, 1.82) is 0 Å². The third-order valence-corrected chi connectivity index (χ3v) is 2.79. The van der Waals surface area contributed by atoms with Gasteiger partial charge in [-0.1, -0.05) is 17.2 Å². The van der Waals surface area contributed by atoms with Crippen molar-refractivity contribution in [3.05, 3.63) is 29.8 Å². The molecule has 1 N–H and O–H groups in total. The number of quaternary nitrogens is 1. The van der Waals surface area contributed by atoms with Crippen LogP contribution in [0.2, 0.25) is 0 Å². The molecule has 0 atom stereocenters. The number of fused-ring (bicyclic) bond motifs is 1. The van der Waals surface area contributed by atoms with Crippen molar-refractivity contribution in [3.63, 3.8) is 0 Å². The second kappa shape index (κ2) is 6.56. The van der Waals surface area contributed by atoms with E-state index < -0.39 is 0 Å². The van der Waals surface area contributed by atoms with Crippen molar-refractivity contribution >= 4 is 17.7 Å². The van der Waals surface area contributed by atoms with Gasteiger partial charge in [-0.25, -0.2) is 0 Å². The van der Waals surface area contributed by atoms with E-state index in [1.807, 2.05) is 57.4 Å². The topological polar surface area (TPSA) is 52.9 Å². The molecule has 1 aromatic rings. The number of hydrogen-bond donors (Lipinski definition) is 1. The lowest BCUT2D eigenvalue weighted by molar-refractivity contribution is -0.102. The van der Waals surface area contributed by atoms with Crippen LogP contribution in [0, 0.1) is 0 Å². The van der Waals surface area contributed by atoms with Crippen LogP contribution in [0.3, 0.4) is 0 Å². The summed E-state index contributed by atoms with van der Waals surface area (Å²) in [6, 6.07) is 7.80. The molecule has 0 unspecified atom stereocenters. The maximum absolute atomic E-state index is 10.7. The van der Waals surface area contributed by atoms with E-state index in [1.54, 1.807) is 0 Å². The molecule has 0 fully saturated rings. The first-order chi connectivity index (χ1) is 8.92. The Balaban J connectivity index is 0.000000258. The standard InChI is InChI=1S/C10H11N2O.C4H11NO/c1-12(2)10-6-4-3-5-8(10)9(7-13)11-12;1-5(2)3-4-6/h3-7H,1-2H3;6H,3-4H2,1-2H3/q+1;. The Hall–Kier alpha value is -1.56. The van der Waals surface area contributed by atoms with E-state index in [-0.39, 0.29) is 6.61 Å². The molecule has 0 aliphatic carbocycles. The van der Waals surface area contributed by atoms with Crippen LogP contribution in [0.25, 0.3) is 0 Å². The zero-order valence-electron chi connectivity index (χ0n) is 12.0. The van der Waals surface area contributed by atoms with Gasteiger partial charge in [0.15, 0.2) is 17.7 Å². The third kappa shape index (κ3) is 3.96. The molecule has 0 radical (unpaired) electrons. The van der Waals surface area contributed by atoms with E-state index in [2.05, 4.69) is 5.10 Å². The number of aldehydes is 1. The highest BCUT2D eigenvalue weighted by molar-refractivity contribution is 6.38. The largest absolute Gasteiger partial charge is 0.395 e. The highest BCUT2D eigenvalue weighted by Gasteiger charge is 2.32. The molecular formula is C14H22N3O2+. The van der Waals surface area contributed by atoms with Crippen molar-refractivity contribution in [3.8, 4) is 0 Å². The van der Waals surface area contributed by atoms with Crippen LogP contribution >= 0.6 is 0 Å². The zero-order valence-corrected chi connectivity index (χ0v) is 12.0. The summed E-state index contributed by atoms with van der Waals surface area (Å²) in [5, 5.41) is 12.5. The van der Waals surface area contributed by atoms with E-state index in [0.717, 1.165) is 24.1 Å². The van der Waals surface area contributed by atoms with Gasteiger partial charge in [-0.05, 0) is 20.2 Å². The normalized spacial score (nSPS) is 15.4. The highest BCUT2D eigenvalue weighted by Crippen LogP contribution is 2.30. The minimum absolute atomic E-state index is 0.257. The molecule has 0 saturated carbocycles. The molecule has 0 saturated heterocycles. The average Bonchev–Trinajstić information content (AvgIpc) is 2.62. The number of nitrogens with zero attached hydrogens (tertiary/aromatic N) is 3. The van der Waals surface area contributed by atoms with Crippen molar-refractivity contribution in [1.82, 2.24) is 9.49 Å². The van der Waals surface area contributed by atoms with Crippen LogP contribution < -0.4 is 4.59 Å². The number of aliphatic hydroxyl groups excluding tert-OH is 1. The molecule has 0 amide bonds. The summed E-state index contributed by atoms with van der Waals surface area (Å²) in [6.07, 6.45) is 0.811. The lowest BCUT2D eigenvalue weighted by Crippen LogP contribution is -2.31. The zero-order chi connectivity index (χ0) is 14.5. The fourth-order valence-electron chi connectivity index (χ4n) is 1.83. The van der Waals surface area contributed by atoms with Gasteiger partial charge in [0.2, 0.25) is 0 Å². The van der Waals surface area contributed by atoms with Gasteiger partial charge in [0.1, 0.15) is 0 Å². The van der Waals surface area contributed by atoms with Gasteiger partial charge < -0.3 is 10.0 Å². The molecule has 1 heterocycles. The second-order valence-corrected chi connectivity index (χ2v) is 5.04. The van der Waals surface area contributed by atoms with E-state index in [0.29, 0.717) is 10.3 Å². The molecule has 1 aliphatic rings. The molecule has 5 nitrogen and oxygen atoms in total. The number of benzene rings is 1. The first-order valence-corrected chi connectivity index (χ1v) is 6.17. The monoisotopic (exact) mass is 264 g/mol. The van der Waals surface area contributed by atoms with Crippen LogP contribution in [-0.2, 0) is 4.79 Å². The molecule has 19 heavy (non-hydrogen) atoms.